The number of hydrogen-bond acceptors (Lipinski definition) is 3. The van der Waals surface area contributed by atoms with Crippen LogP contribution in [-0.2, 0) is 11.8 Å². The molecule has 11 heteroatoms. The Bertz CT molecular complexity index is 1230. The van der Waals surface area contributed by atoms with Crippen molar-refractivity contribution in [3.63, 3.8) is 0 Å². The van der Waals surface area contributed by atoms with Gasteiger partial charge in [-0.3, -0.25) is 0 Å². The zero-order chi connectivity index (χ0) is 25.3. The van der Waals surface area contributed by atoms with Crippen LogP contribution in [0.15, 0.2) is 60.8 Å². The predicted octanol–water partition coefficient (Wildman–Crippen LogP) is 6.76. The zero-order valence-corrected chi connectivity index (χ0v) is 18.6. The average Bonchev–Trinajstić information content (AvgIpc) is 2.70. The van der Waals surface area contributed by atoms with Gasteiger partial charge in [-0.1, -0.05) is 24.0 Å². The van der Waals surface area contributed by atoms with Gasteiger partial charge >= 0.3 is 39.0 Å². The number of ether oxygens (including phenoxy) is 1. The Hall–Kier alpha value is -3.62. The van der Waals surface area contributed by atoms with Crippen LogP contribution in [0.1, 0.15) is 28.4 Å². The van der Waals surface area contributed by atoms with Crippen molar-refractivity contribution in [2.75, 3.05) is 7.11 Å². The van der Waals surface area contributed by atoms with Gasteiger partial charge in [0.25, 0.3) is 0 Å². The van der Waals surface area contributed by atoms with Crippen molar-refractivity contribution >= 4 is 24.7 Å². The minimum absolute atomic E-state index is 0.342. The second-order valence-electron chi connectivity index (χ2n) is 6.40. The fourth-order valence-electron chi connectivity index (χ4n) is 2.43. The quantitative estimate of drug-likeness (QED) is 0.125. The first kappa shape index (κ1) is 27.4. The zero-order valence-electron chi connectivity index (χ0n) is 17.7. The van der Waals surface area contributed by atoms with Gasteiger partial charge in [0.05, 0.1) is 24.3 Å². The molecule has 0 N–H and O–H groups in total. The summed E-state index contributed by atoms with van der Waals surface area (Å²) in [5, 5.41) is 8.47. The molecule has 0 saturated carbocycles. The molecule has 0 unspecified atom stereocenters. The molecule has 0 spiro atoms. The molecule has 1 heterocycles. The summed E-state index contributed by atoms with van der Waals surface area (Å²) < 4.78 is 65.9. The van der Waals surface area contributed by atoms with E-state index < -0.39 is 7.81 Å². The van der Waals surface area contributed by atoms with E-state index in [0.717, 1.165) is 16.5 Å². The van der Waals surface area contributed by atoms with Crippen LogP contribution in [0.5, 0.6) is 0 Å². The third-order valence-electron chi connectivity index (χ3n) is 3.62. The summed E-state index contributed by atoms with van der Waals surface area (Å²) in [5.41, 5.74) is 3.49. The van der Waals surface area contributed by atoms with Crippen molar-refractivity contribution in [2.24, 2.45) is 7.05 Å². The number of carbonyl (C=O) groups is 1. The number of methoxy groups -OCH3 is 1. The van der Waals surface area contributed by atoms with Crippen LogP contribution < -0.4 is 4.57 Å². The molecule has 0 bridgehead atoms. The number of pyridine rings is 1. The summed E-state index contributed by atoms with van der Waals surface area (Å²) in [6.07, 6.45) is 2.01. The standard InChI is InChI=1S/C20H16NO2.C2H3N.F6P/c1-21-14-16(13-18-5-3-4-6-19(18)21)8-7-15-9-11-17(12-10-15)20(22)23-2;1-2-3;1-7(2,3,4,5)6/h3-6,9-14H,1-2H3;1H3;/q+1;;-1. The molecule has 0 aliphatic heterocycles. The number of esters is 1. The third kappa shape index (κ3) is 12.1. The molecule has 0 aliphatic carbocycles. The average molecular weight is 488 g/mol. The van der Waals surface area contributed by atoms with Crippen LogP contribution in [0.4, 0.5) is 25.2 Å². The molecule has 0 amide bonds. The van der Waals surface area contributed by atoms with Gasteiger partial charge in [-0.2, -0.15) is 9.83 Å². The van der Waals surface area contributed by atoms with E-state index in [0.29, 0.717) is 5.56 Å². The van der Waals surface area contributed by atoms with Crippen LogP contribution in [0.25, 0.3) is 10.9 Å². The number of nitriles is 1. The summed E-state index contributed by atoms with van der Waals surface area (Å²) in [7, 11) is -7.27. The van der Waals surface area contributed by atoms with Crippen molar-refractivity contribution in [2.45, 2.75) is 6.92 Å². The third-order valence-corrected chi connectivity index (χ3v) is 3.62. The molecule has 0 atom stereocenters. The number of halogens is 6. The van der Waals surface area contributed by atoms with E-state index >= 15 is 0 Å². The molecule has 4 nitrogen and oxygen atoms in total. The van der Waals surface area contributed by atoms with Crippen molar-refractivity contribution in [1.29, 1.82) is 5.26 Å². The number of benzene rings is 2. The number of carbonyl (C=O) groups excluding carboxylic acids is 1. The van der Waals surface area contributed by atoms with Crippen molar-refractivity contribution in [1.82, 2.24) is 0 Å². The predicted molar refractivity (Wildman–Crippen MR) is 114 cm³/mol. The summed E-state index contributed by atoms with van der Waals surface area (Å²) in [6, 6.07) is 19.1. The first-order valence-electron chi connectivity index (χ1n) is 9.00. The van der Waals surface area contributed by atoms with Gasteiger partial charge in [-0.15, -0.1) is 0 Å². The Kier molecular flexibility index (Phi) is 8.22. The molecule has 2 aromatic carbocycles. The molecule has 33 heavy (non-hydrogen) atoms. The number of nitrogens with zero attached hydrogens (tertiary/aromatic N) is 2. The van der Waals surface area contributed by atoms with Gasteiger partial charge in [-0.05, 0) is 36.4 Å². The van der Waals surface area contributed by atoms with E-state index in [4.69, 9.17) is 5.26 Å². The summed E-state index contributed by atoms with van der Waals surface area (Å²) in [5.74, 6) is 5.95. The Morgan fingerprint density at radius 1 is 0.939 bits per heavy atom. The Balaban J connectivity index is 0.000000462. The Labute approximate surface area is 186 Å². The number of rotatable bonds is 1. The molecule has 0 fully saturated rings. The van der Waals surface area contributed by atoms with Crippen molar-refractivity contribution in [3.8, 4) is 17.9 Å². The SMILES string of the molecule is CC#N.COC(=O)c1ccc(C#Cc2cc3ccccc3[n+](C)c2)cc1.F[P-](F)(F)(F)(F)F. The second-order valence-corrected chi connectivity index (χ2v) is 8.32. The van der Waals surface area contributed by atoms with Crippen molar-refractivity contribution in [3.05, 3.63) is 77.5 Å². The van der Waals surface area contributed by atoms with Gasteiger partial charge < -0.3 is 4.74 Å². The number of aromatic nitrogens is 1. The topological polar surface area (TPSA) is 54.0 Å². The first-order valence-corrected chi connectivity index (χ1v) is 11.0. The van der Waals surface area contributed by atoms with Gasteiger partial charge in [0.2, 0.25) is 5.52 Å². The van der Waals surface area contributed by atoms with Crippen LogP contribution in [0, 0.1) is 23.2 Å². The van der Waals surface area contributed by atoms with E-state index in [9.17, 15) is 30.0 Å². The second kappa shape index (κ2) is 9.89. The Morgan fingerprint density at radius 3 is 1.94 bits per heavy atom. The molecule has 176 valence electrons. The van der Waals surface area contributed by atoms with E-state index in [1.807, 2.05) is 37.5 Å². The molecule has 0 saturated heterocycles. The van der Waals surface area contributed by atoms with Gasteiger partial charge in [0, 0.05) is 23.9 Å². The summed E-state index contributed by atoms with van der Waals surface area (Å²) >= 11 is 0. The number of para-hydroxylation sites is 1. The molecule has 3 rings (SSSR count). The minimum atomic E-state index is -10.7. The fourth-order valence-corrected chi connectivity index (χ4v) is 2.43. The number of aryl methyl sites for hydroxylation is 1. The van der Waals surface area contributed by atoms with E-state index in [-0.39, 0.29) is 5.97 Å². The molecular formula is C22H19F6N2O2P. The first-order chi connectivity index (χ1) is 15.0. The van der Waals surface area contributed by atoms with E-state index in [1.165, 1.54) is 19.6 Å². The molecular weight excluding hydrogens is 469 g/mol. The number of fused-ring (bicyclic) bond motifs is 1. The molecule has 0 radical (unpaired) electrons. The van der Waals surface area contributed by atoms with Crippen LogP contribution in [0.2, 0.25) is 0 Å². The van der Waals surface area contributed by atoms with E-state index in [1.54, 1.807) is 18.2 Å². The van der Waals surface area contributed by atoms with Crippen LogP contribution in [-0.4, -0.2) is 13.1 Å². The van der Waals surface area contributed by atoms with Crippen molar-refractivity contribution < 1.29 is 39.3 Å². The summed E-state index contributed by atoms with van der Waals surface area (Å²) in [6.45, 7) is 1.43. The number of hydrogen-bond donors (Lipinski definition) is 0. The molecule has 3 aromatic rings. The normalized spacial score (nSPS) is 12.1. The van der Waals surface area contributed by atoms with Crippen LogP contribution in [0.3, 0.4) is 0 Å². The van der Waals surface area contributed by atoms with E-state index in [2.05, 4.69) is 39.3 Å². The van der Waals surface area contributed by atoms with Gasteiger partial charge in [0.1, 0.15) is 7.05 Å². The Morgan fingerprint density at radius 2 is 1.42 bits per heavy atom. The fraction of sp³-hybridized carbons (Fsp3) is 0.136. The van der Waals surface area contributed by atoms with Gasteiger partial charge in [0.15, 0.2) is 6.20 Å². The molecule has 1 aromatic heterocycles. The monoisotopic (exact) mass is 488 g/mol. The summed E-state index contributed by atoms with van der Waals surface area (Å²) in [4.78, 5) is 11.4. The molecule has 0 aliphatic rings. The maximum absolute atomic E-state index is 11.4. The van der Waals surface area contributed by atoms with Gasteiger partial charge in [-0.25, -0.2) is 4.79 Å². The maximum atomic E-state index is 11.4. The van der Waals surface area contributed by atoms with Crippen LogP contribution >= 0.6 is 7.81 Å².